The number of amides is 1. The van der Waals surface area contributed by atoms with Crippen LogP contribution in [0.5, 0.6) is 0 Å². The molecule has 17 heavy (non-hydrogen) atoms. The molecule has 0 aliphatic carbocycles. The van der Waals surface area contributed by atoms with Crippen molar-refractivity contribution >= 4 is 18.3 Å². The van der Waals surface area contributed by atoms with E-state index in [4.69, 9.17) is 0 Å². The lowest BCUT2D eigenvalue weighted by molar-refractivity contribution is -0.134. The number of hydrogen-bond donors (Lipinski definition) is 1. The Morgan fingerprint density at radius 2 is 1.76 bits per heavy atom. The summed E-state index contributed by atoms with van der Waals surface area (Å²) in [6.07, 6.45) is 2.71. The van der Waals surface area contributed by atoms with Crippen molar-refractivity contribution in [1.29, 1.82) is 0 Å². The summed E-state index contributed by atoms with van der Waals surface area (Å²) >= 11 is 0. The van der Waals surface area contributed by atoms with Crippen molar-refractivity contribution in [2.24, 2.45) is 5.92 Å². The van der Waals surface area contributed by atoms with Gasteiger partial charge in [0.1, 0.15) is 0 Å². The number of hydrogen-bond acceptors (Lipinski definition) is 2. The van der Waals surface area contributed by atoms with Crippen molar-refractivity contribution in [2.75, 3.05) is 20.1 Å². The Kier molecular flexibility index (Phi) is 12.2. The van der Waals surface area contributed by atoms with Crippen LogP contribution < -0.4 is 5.32 Å². The SMILES string of the molecule is CCC(CC)N(CC(C)C)C(=O)CCNC.Cl. The highest BCUT2D eigenvalue weighted by Crippen LogP contribution is 2.12. The van der Waals surface area contributed by atoms with Crippen LogP contribution in [-0.4, -0.2) is 37.0 Å². The molecule has 0 aromatic rings. The lowest BCUT2D eigenvalue weighted by Gasteiger charge is -2.32. The van der Waals surface area contributed by atoms with Gasteiger partial charge < -0.3 is 10.2 Å². The van der Waals surface area contributed by atoms with Gasteiger partial charge in [0.2, 0.25) is 5.91 Å². The summed E-state index contributed by atoms with van der Waals surface area (Å²) in [4.78, 5) is 14.2. The maximum Gasteiger partial charge on any atom is 0.224 e. The van der Waals surface area contributed by atoms with Gasteiger partial charge in [0.05, 0.1) is 0 Å². The molecule has 0 rings (SSSR count). The second-order valence-electron chi connectivity index (χ2n) is 4.76. The van der Waals surface area contributed by atoms with Gasteiger partial charge in [-0.1, -0.05) is 27.7 Å². The Bertz CT molecular complexity index is 194. The third-order valence-corrected chi connectivity index (χ3v) is 2.85. The highest BCUT2D eigenvalue weighted by Gasteiger charge is 2.21. The first-order valence-corrected chi connectivity index (χ1v) is 6.50. The third-order valence-electron chi connectivity index (χ3n) is 2.85. The average Bonchev–Trinajstić information content (AvgIpc) is 2.25. The molecule has 0 spiro atoms. The first kappa shape index (κ1) is 19.1. The minimum atomic E-state index is 0. The van der Waals surface area contributed by atoms with E-state index in [0.29, 0.717) is 18.4 Å². The zero-order valence-electron chi connectivity index (χ0n) is 12.0. The Balaban J connectivity index is 0. The molecule has 3 nitrogen and oxygen atoms in total. The number of halogens is 1. The molecule has 1 N–H and O–H groups in total. The largest absolute Gasteiger partial charge is 0.339 e. The molecular formula is C13H29ClN2O. The maximum atomic E-state index is 12.1. The number of carbonyl (C=O) groups is 1. The second kappa shape index (κ2) is 10.8. The van der Waals surface area contributed by atoms with Crippen molar-refractivity contribution < 1.29 is 4.79 Å². The van der Waals surface area contributed by atoms with E-state index in [1.54, 1.807) is 0 Å². The topological polar surface area (TPSA) is 32.3 Å². The van der Waals surface area contributed by atoms with Gasteiger partial charge in [0.25, 0.3) is 0 Å². The molecule has 0 atom stereocenters. The second-order valence-corrected chi connectivity index (χ2v) is 4.76. The van der Waals surface area contributed by atoms with E-state index in [0.717, 1.165) is 25.9 Å². The van der Waals surface area contributed by atoms with Crippen molar-refractivity contribution in [1.82, 2.24) is 10.2 Å². The van der Waals surface area contributed by atoms with Crippen molar-refractivity contribution in [2.45, 2.75) is 53.0 Å². The Morgan fingerprint density at radius 1 is 1.24 bits per heavy atom. The van der Waals surface area contributed by atoms with Crippen LogP contribution in [0.2, 0.25) is 0 Å². The summed E-state index contributed by atoms with van der Waals surface area (Å²) in [5.74, 6) is 0.830. The van der Waals surface area contributed by atoms with E-state index in [9.17, 15) is 4.79 Å². The molecule has 0 bridgehead atoms. The van der Waals surface area contributed by atoms with Crippen LogP contribution in [0.15, 0.2) is 0 Å². The Morgan fingerprint density at radius 3 is 2.12 bits per heavy atom. The minimum absolute atomic E-state index is 0. The Labute approximate surface area is 113 Å². The van der Waals surface area contributed by atoms with Gasteiger partial charge in [-0.15, -0.1) is 12.4 Å². The molecule has 0 heterocycles. The van der Waals surface area contributed by atoms with Crippen LogP contribution in [-0.2, 0) is 4.79 Å². The molecule has 0 unspecified atom stereocenters. The van der Waals surface area contributed by atoms with Crippen LogP contribution in [0.25, 0.3) is 0 Å². The van der Waals surface area contributed by atoms with Crippen LogP contribution in [0.1, 0.15) is 47.0 Å². The van der Waals surface area contributed by atoms with E-state index >= 15 is 0 Å². The molecule has 0 aromatic carbocycles. The van der Waals surface area contributed by atoms with Gasteiger partial charge in [-0.3, -0.25) is 4.79 Å². The molecule has 0 saturated heterocycles. The molecule has 0 fully saturated rings. The summed E-state index contributed by atoms with van der Waals surface area (Å²) in [5, 5.41) is 3.03. The van der Waals surface area contributed by atoms with E-state index < -0.39 is 0 Å². The van der Waals surface area contributed by atoms with Gasteiger partial charge in [-0.25, -0.2) is 0 Å². The van der Waals surface area contributed by atoms with Gasteiger partial charge in [0, 0.05) is 25.6 Å². The van der Waals surface area contributed by atoms with Crippen LogP contribution in [0, 0.1) is 5.92 Å². The molecule has 0 aliphatic heterocycles. The summed E-state index contributed by atoms with van der Waals surface area (Å²) in [6, 6.07) is 0.409. The van der Waals surface area contributed by atoms with E-state index in [1.165, 1.54) is 0 Å². The van der Waals surface area contributed by atoms with Gasteiger partial charge >= 0.3 is 0 Å². The van der Waals surface area contributed by atoms with Crippen molar-refractivity contribution in [3.05, 3.63) is 0 Å². The highest BCUT2D eigenvalue weighted by molar-refractivity contribution is 5.85. The van der Waals surface area contributed by atoms with Crippen molar-refractivity contribution in [3.63, 3.8) is 0 Å². The molecule has 0 saturated carbocycles. The molecule has 0 aliphatic rings. The first-order chi connectivity index (χ1) is 7.56. The lowest BCUT2D eigenvalue weighted by atomic mass is 10.1. The first-order valence-electron chi connectivity index (χ1n) is 6.50. The summed E-state index contributed by atoms with van der Waals surface area (Å²) in [6.45, 7) is 10.3. The normalized spacial score (nSPS) is 10.5. The average molecular weight is 265 g/mol. The minimum Gasteiger partial charge on any atom is -0.339 e. The number of carbonyl (C=O) groups excluding carboxylic acids is 1. The monoisotopic (exact) mass is 264 g/mol. The van der Waals surface area contributed by atoms with Crippen LogP contribution >= 0.6 is 12.4 Å². The van der Waals surface area contributed by atoms with Crippen LogP contribution in [0.3, 0.4) is 0 Å². The standard InChI is InChI=1S/C13H28N2O.ClH/c1-6-12(7-2)15(10-11(3)4)13(16)8-9-14-5;/h11-12,14H,6-10H2,1-5H3;1H. The number of rotatable bonds is 8. The fraction of sp³-hybridized carbons (Fsp3) is 0.923. The zero-order valence-corrected chi connectivity index (χ0v) is 12.8. The fourth-order valence-corrected chi connectivity index (χ4v) is 1.95. The third kappa shape index (κ3) is 7.61. The van der Waals surface area contributed by atoms with Crippen molar-refractivity contribution in [3.8, 4) is 0 Å². The van der Waals surface area contributed by atoms with Gasteiger partial charge in [-0.2, -0.15) is 0 Å². The van der Waals surface area contributed by atoms with Crippen LogP contribution in [0.4, 0.5) is 0 Å². The molecule has 0 aromatic heterocycles. The Hall–Kier alpha value is -0.280. The van der Waals surface area contributed by atoms with E-state index in [1.807, 2.05) is 7.05 Å². The predicted octanol–water partition coefficient (Wildman–Crippen LogP) is 2.69. The predicted molar refractivity (Wildman–Crippen MR) is 76.7 cm³/mol. The zero-order chi connectivity index (χ0) is 12.6. The van der Waals surface area contributed by atoms with Gasteiger partial charge in [-0.05, 0) is 25.8 Å². The molecule has 1 amide bonds. The summed E-state index contributed by atoms with van der Waals surface area (Å²) in [5.41, 5.74) is 0. The maximum absolute atomic E-state index is 12.1. The van der Waals surface area contributed by atoms with E-state index in [2.05, 4.69) is 37.9 Å². The number of nitrogens with zero attached hydrogens (tertiary/aromatic N) is 1. The summed E-state index contributed by atoms with van der Waals surface area (Å²) < 4.78 is 0. The fourth-order valence-electron chi connectivity index (χ4n) is 1.95. The highest BCUT2D eigenvalue weighted by atomic mass is 35.5. The quantitative estimate of drug-likeness (QED) is 0.731. The van der Waals surface area contributed by atoms with Gasteiger partial charge in [0.15, 0.2) is 0 Å². The molecular weight excluding hydrogens is 236 g/mol. The van der Waals surface area contributed by atoms with E-state index in [-0.39, 0.29) is 18.3 Å². The lowest BCUT2D eigenvalue weighted by Crippen LogP contribution is -2.42. The molecule has 104 valence electrons. The molecule has 4 heteroatoms. The smallest absolute Gasteiger partial charge is 0.224 e. The molecule has 0 radical (unpaired) electrons. The number of nitrogens with one attached hydrogen (secondary N) is 1. The summed E-state index contributed by atoms with van der Waals surface area (Å²) in [7, 11) is 1.89.